The zero-order valence-corrected chi connectivity index (χ0v) is 7.68. The second-order valence-corrected chi connectivity index (χ2v) is 2.61. The van der Waals surface area contributed by atoms with Crippen LogP contribution in [-0.2, 0) is 4.79 Å². The summed E-state index contributed by atoms with van der Waals surface area (Å²) in [6, 6.07) is -0.152. The minimum Gasteiger partial charge on any atom is -0.355 e. The van der Waals surface area contributed by atoms with E-state index in [1.165, 1.54) is 11.8 Å². The zero-order chi connectivity index (χ0) is 9.56. The Kier molecular flexibility index (Phi) is 4.83. The van der Waals surface area contributed by atoms with Gasteiger partial charge in [0.05, 0.1) is 0 Å². The Labute approximate surface area is 72.1 Å². The second-order valence-electron chi connectivity index (χ2n) is 2.61. The molecule has 0 saturated heterocycles. The highest BCUT2D eigenvalue weighted by molar-refractivity contribution is 5.74. The zero-order valence-electron chi connectivity index (χ0n) is 7.68. The van der Waals surface area contributed by atoms with Crippen LogP contribution in [-0.4, -0.2) is 44.0 Å². The van der Waals surface area contributed by atoms with E-state index in [2.05, 4.69) is 10.6 Å². The lowest BCUT2D eigenvalue weighted by Crippen LogP contribution is -2.39. The molecule has 2 N–H and O–H groups in total. The maximum Gasteiger partial charge on any atom is 0.316 e. The van der Waals surface area contributed by atoms with Gasteiger partial charge in [0.25, 0.3) is 0 Å². The SMILES string of the molecule is CC(=O)NCCNC(=O)N(C)C. The standard InChI is InChI=1S/C7H15N3O2/c1-6(11)8-4-5-9-7(12)10(2)3/h4-5H2,1-3H3,(H,8,11)(H,9,12). The normalized spacial score (nSPS) is 8.92. The molecule has 5 heteroatoms. The highest BCUT2D eigenvalue weighted by Gasteiger charge is 2.00. The molecule has 0 heterocycles. The van der Waals surface area contributed by atoms with Crippen LogP contribution in [0, 0.1) is 0 Å². The van der Waals surface area contributed by atoms with Crippen molar-refractivity contribution in [3.63, 3.8) is 0 Å². The third-order valence-electron chi connectivity index (χ3n) is 1.18. The number of hydrogen-bond donors (Lipinski definition) is 2. The van der Waals surface area contributed by atoms with Gasteiger partial charge in [0.1, 0.15) is 0 Å². The number of urea groups is 1. The van der Waals surface area contributed by atoms with Gasteiger partial charge in [0, 0.05) is 34.1 Å². The molecule has 70 valence electrons. The number of rotatable bonds is 3. The number of nitrogens with one attached hydrogen (secondary N) is 2. The molecule has 0 spiro atoms. The molecule has 5 nitrogen and oxygen atoms in total. The summed E-state index contributed by atoms with van der Waals surface area (Å²) in [5, 5.41) is 5.18. The van der Waals surface area contributed by atoms with E-state index < -0.39 is 0 Å². The van der Waals surface area contributed by atoms with Crippen LogP contribution in [0.3, 0.4) is 0 Å². The number of amides is 3. The molecule has 0 aromatic carbocycles. The Morgan fingerprint density at radius 3 is 2.08 bits per heavy atom. The van der Waals surface area contributed by atoms with Crippen LogP contribution < -0.4 is 10.6 Å². The molecule has 0 aliphatic rings. The summed E-state index contributed by atoms with van der Waals surface area (Å²) in [6.07, 6.45) is 0. The summed E-state index contributed by atoms with van der Waals surface area (Å²) < 4.78 is 0. The Morgan fingerprint density at radius 1 is 1.17 bits per heavy atom. The topological polar surface area (TPSA) is 61.4 Å². The highest BCUT2D eigenvalue weighted by Crippen LogP contribution is 1.74. The lowest BCUT2D eigenvalue weighted by molar-refractivity contribution is -0.118. The number of carbonyl (C=O) groups excluding carboxylic acids is 2. The van der Waals surface area contributed by atoms with E-state index in [-0.39, 0.29) is 11.9 Å². The molecule has 0 radical (unpaired) electrons. The Bertz CT molecular complexity index is 168. The lowest BCUT2D eigenvalue weighted by atomic mass is 10.5. The third kappa shape index (κ3) is 5.52. The minimum absolute atomic E-state index is 0.0888. The molecule has 0 rings (SSSR count). The molecule has 0 aliphatic heterocycles. The molecule has 12 heavy (non-hydrogen) atoms. The Balaban J connectivity index is 3.32. The summed E-state index contributed by atoms with van der Waals surface area (Å²) >= 11 is 0. The van der Waals surface area contributed by atoms with E-state index in [0.29, 0.717) is 13.1 Å². The van der Waals surface area contributed by atoms with Gasteiger partial charge in [-0.2, -0.15) is 0 Å². The summed E-state index contributed by atoms with van der Waals surface area (Å²) in [5.74, 6) is -0.0888. The molecule has 0 fully saturated rings. The van der Waals surface area contributed by atoms with E-state index in [4.69, 9.17) is 0 Å². The number of hydrogen-bond acceptors (Lipinski definition) is 2. The third-order valence-corrected chi connectivity index (χ3v) is 1.18. The van der Waals surface area contributed by atoms with Gasteiger partial charge in [0.15, 0.2) is 0 Å². The van der Waals surface area contributed by atoms with E-state index in [1.807, 2.05) is 0 Å². The highest BCUT2D eigenvalue weighted by atomic mass is 16.2. The van der Waals surface area contributed by atoms with Gasteiger partial charge in [-0.05, 0) is 0 Å². The van der Waals surface area contributed by atoms with Crippen LogP contribution >= 0.6 is 0 Å². The van der Waals surface area contributed by atoms with E-state index in [1.54, 1.807) is 14.1 Å². The van der Waals surface area contributed by atoms with Crippen molar-refractivity contribution in [3.05, 3.63) is 0 Å². The van der Waals surface area contributed by atoms with Crippen LogP contribution in [0.1, 0.15) is 6.92 Å². The molecular weight excluding hydrogens is 158 g/mol. The lowest BCUT2D eigenvalue weighted by Gasteiger charge is -2.11. The fraction of sp³-hybridized carbons (Fsp3) is 0.714. The van der Waals surface area contributed by atoms with Crippen molar-refractivity contribution in [2.75, 3.05) is 27.2 Å². The number of carbonyl (C=O) groups is 2. The molecule has 0 aromatic heterocycles. The van der Waals surface area contributed by atoms with Gasteiger partial charge in [-0.3, -0.25) is 4.79 Å². The largest absolute Gasteiger partial charge is 0.355 e. The van der Waals surface area contributed by atoms with Crippen LogP contribution in [0.25, 0.3) is 0 Å². The molecule has 0 aliphatic carbocycles. The van der Waals surface area contributed by atoms with Gasteiger partial charge < -0.3 is 15.5 Å². The van der Waals surface area contributed by atoms with E-state index in [9.17, 15) is 9.59 Å². The van der Waals surface area contributed by atoms with Crippen molar-refractivity contribution < 1.29 is 9.59 Å². The van der Waals surface area contributed by atoms with Crippen molar-refractivity contribution in [3.8, 4) is 0 Å². The van der Waals surface area contributed by atoms with Gasteiger partial charge in [-0.25, -0.2) is 4.79 Å². The Hall–Kier alpha value is -1.26. The second kappa shape index (κ2) is 5.40. The van der Waals surface area contributed by atoms with Gasteiger partial charge in [-0.15, -0.1) is 0 Å². The average Bonchev–Trinajstić information content (AvgIpc) is 1.97. The van der Waals surface area contributed by atoms with E-state index in [0.717, 1.165) is 0 Å². The maximum absolute atomic E-state index is 10.9. The fourth-order valence-corrected chi connectivity index (χ4v) is 0.566. The van der Waals surface area contributed by atoms with Crippen LogP contribution in [0.15, 0.2) is 0 Å². The molecule has 3 amide bonds. The predicted octanol–water partition coefficient (Wildman–Crippen LogP) is -0.606. The molecule has 0 aromatic rings. The van der Waals surface area contributed by atoms with Crippen molar-refractivity contribution in [2.45, 2.75) is 6.92 Å². The first-order chi connectivity index (χ1) is 5.54. The summed E-state index contributed by atoms with van der Waals surface area (Å²) in [7, 11) is 3.32. The van der Waals surface area contributed by atoms with E-state index >= 15 is 0 Å². The van der Waals surface area contributed by atoms with Crippen molar-refractivity contribution in [1.82, 2.24) is 15.5 Å². The molecular formula is C7H15N3O2. The molecule has 0 atom stereocenters. The number of nitrogens with zero attached hydrogens (tertiary/aromatic N) is 1. The monoisotopic (exact) mass is 173 g/mol. The average molecular weight is 173 g/mol. The quantitative estimate of drug-likeness (QED) is 0.559. The Morgan fingerprint density at radius 2 is 1.67 bits per heavy atom. The first kappa shape index (κ1) is 10.7. The molecule has 0 bridgehead atoms. The van der Waals surface area contributed by atoms with Gasteiger partial charge >= 0.3 is 6.03 Å². The molecule has 0 saturated carbocycles. The van der Waals surface area contributed by atoms with Crippen LogP contribution in [0.4, 0.5) is 4.79 Å². The maximum atomic E-state index is 10.9. The van der Waals surface area contributed by atoms with Crippen molar-refractivity contribution in [1.29, 1.82) is 0 Å². The summed E-state index contributed by atoms with van der Waals surface area (Å²) in [5.41, 5.74) is 0. The predicted molar refractivity (Wildman–Crippen MR) is 45.8 cm³/mol. The first-order valence-corrected chi connectivity index (χ1v) is 3.73. The summed E-state index contributed by atoms with van der Waals surface area (Å²) in [4.78, 5) is 22.7. The van der Waals surface area contributed by atoms with Crippen LogP contribution in [0.5, 0.6) is 0 Å². The van der Waals surface area contributed by atoms with Gasteiger partial charge in [-0.1, -0.05) is 0 Å². The first-order valence-electron chi connectivity index (χ1n) is 3.73. The van der Waals surface area contributed by atoms with Crippen LogP contribution in [0.2, 0.25) is 0 Å². The minimum atomic E-state index is -0.152. The summed E-state index contributed by atoms with van der Waals surface area (Å²) in [6.45, 7) is 2.36. The van der Waals surface area contributed by atoms with Crippen molar-refractivity contribution in [2.24, 2.45) is 0 Å². The fourth-order valence-electron chi connectivity index (χ4n) is 0.566. The van der Waals surface area contributed by atoms with Crippen molar-refractivity contribution >= 4 is 11.9 Å². The van der Waals surface area contributed by atoms with Gasteiger partial charge in [0.2, 0.25) is 5.91 Å². The molecule has 0 unspecified atom stereocenters. The smallest absolute Gasteiger partial charge is 0.316 e.